The van der Waals surface area contributed by atoms with E-state index in [0.717, 1.165) is 36.5 Å². The normalized spacial score (nSPS) is 12.1. The van der Waals surface area contributed by atoms with Crippen LogP contribution in [0.15, 0.2) is 54.6 Å². The fourth-order valence-corrected chi connectivity index (χ4v) is 2.24. The predicted molar refractivity (Wildman–Crippen MR) is 93.5 cm³/mol. The molecule has 23 heavy (non-hydrogen) atoms. The smallest absolute Gasteiger partial charge is 0.124 e. The minimum absolute atomic E-state index is 0.304. The second kappa shape index (κ2) is 10.0. The number of hydrogen-bond donors (Lipinski definition) is 3. The van der Waals surface area contributed by atoms with Crippen LogP contribution in [0.25, 0.3) is 0 Å². The lowest BCUT2D eigenvalue weighted by Gasteiger charge is -2.13. The van der Waals surface area contributed by atoms with E-state index in [1.807, 2.05) is 36.4 Å². The van der Waals surface area contributed by atoms with Gasteiger partial charge >= 0.3 is 0 Å². The highest BCUT2D eigenvalue weighted by Crippen LogP contribution is 2.19. The maximum absolute atomic E-state index is 9.18. The van der Waals surface area contributed by atoms with Gasteiger partial charge in [-0.05, 0) is 18.6 Å². The highest BCUT2D eigenvalue weighted by molar-refractivity contribution is 5.33. The molecular weight excluding hydrogens is 288 g/mol. The minimum atomic E-state index is -0.304. The number of ether oxygens (including phenoxy) is 1. The summed E-state index contributed by atoms with van der Waals surface area (Å²) in [4.78, 5) is 0. The Balaban J connectivity index is 1.76. The molecule has 0 aliphatic heterocycles. The van der Waals surface area contributed by atoms with E-state index in [-0.39, 0.29) is 6.10 Å². The zero-order chi connectivity index (χ0) is 16.3. The van der Waals surface area contributed by atoms with Crippen molar-refractivity contribution in [3.05, 3.63) is 65.7 Å². The van der Waals surface area contributed by atoms with Gasteiger partial charge in [-0.1, -0.05) is 48.5 Å². The molecule has 0 bridgehead atoms. The number of aliphatic hydroxyl groups excluding tert-OH is 1. The Morgan fingerprint density at radius 2 is 1.65 bits per heavy atom. The highest BCUT2D eigenvalue weighted by Gasteiger charge is 2.03. The fraction of sp³-hybridized carbons (Fsp3) is 0.368. The largest absolute Gasteiger partial charge is 0.489 e. The molecule has 1 atom stereocenters. The molecule has 2 aromatic carbocycles. The quantitative estimate of drug-likeness (QED) is 0.589. The van der Waals surface area contributed by atoms with E-state index in [2.05, 4.69) is 28.8 Å². The van der Waals surface area contributed by atoms with Gasteiger partial charge in [0, 0.05) is 31.7 Å². The Morgan fingerprint density at radius 3 is 2.43 bits per heavy atom. The average molecular weight is 314 g/mol. The van der Waals surface area contributed by atoms with Crippen LogP contribution in [0.4, 0.5) is 0 Å². The topological polar surface area (TPSA) is 53.5 Å². The van der Waals surface area contributed by atoms with Gasteiger partial charge < -0.3 is 20.5 Å². The van der Waals surface area contributed by atoms with Crippen molar-refractivity contribution in [2.75, 3.05) is 19.6 Å². The molecule has 2 rings (SSSR count). The van der Waals surface area contributed by atoms with Gasteiger partial charge in [-0.25, -0.2) is 0 Å². The van der Waals surface area contributed by atoms with Crippen LogP contribution in [0, 0.1) is 0 Å². The molecule has 0 radical (unpaired) electrons. The number of rotatable bonds is 10. The van der Waals surface area contributed by atoms with E-state index in [1.165, 1.54) is 0 Å². The van der Waals surface area contributed by atoms with Crippen molar-refractivity contribution in [3.8, 4) is 5.75 Å². The zero-order valence-electron chi connectivity index (χ0n) is 13.7. The lowest BCUT2D eigenvalue weighted by atomic mass is 10.2. The number of aliphatic hydroxyl groups is 1. The van der Waals surface area contributed by atoms with E-state index in [9.17, 15) is 5.11 Å². The summed E-state index contributed by atoms with van der Waals surface area (Å²) in [6, 6.07) is 18.3. The first kappa shape index (κ1) is 17.5. The van der Waals surface area contributed by atoms with E-state index < -0.39 is 0 Å². The Kier molecular flexibility index (Phi) is 7.60. The summed E-state index contributed by atoms with van der Waals surface area (Å²) in [7, 11) is 0. The van der Waals surface area contributed by atoms with E-state index in [0.29, 0.717) is 13.2 Å². The Hall–Kier alpha value is -1.88. The summed E-state index contributed by atoms with van der Waals surface area (Å²) < 4.78 is 5.94. The van der Waals surface area contributed by atoms with Crippen molar-refractivity contribution in [1.82, 2.24) is 10.6 Å². The first-order chi connectivity index (χ1) is 11.3. The molecule has 0 saturated carbocycles. The Bertz CT molecular complexity index is 558. The molecule has 2 aromatic rings. The van der Waals surface area contributed by atoms with Crippen LogP contribution in [0.5, 0.6) is 5.75 Å². The minimum Gasteiger partial charge on any atom is -0.489 e. The molecule has 4 nitrogen and oxygen atoms in total. The zero-order valence-corrected chi connectivity index (χ0v) is 13.7. The second-order valence-corrected chi connectivity index (χ2v) is 5.61. The van der Waals surface area contributed by atoms with Gasteiger partial charge in [0.05, 0.1) is 6.10 Å². The maximum atomic E-state index is 9.18. The van der Waals surface area contributed by atoms with Gasteiger partial charge in [-0.15, -0.1) is 0 Å². The number of hydrogen-bond acceptors (Lipinski definition) is 4. The van der Waals surface area contributed by atoms with Gasteiger partial charge in [-0.2, -0.15) is 0 Å². The first-order valence-electron chi connectivity index (χ1n) is 8.10. The van der Waals surface area contributed by atoms with Crippen LogP contribution in [0.3, 0.4) is 0 Å². The van der Waals surface area contributed by atoms with Crippen LogP contribution >= 0.6 is 0 Å². The third kappa shape index (κ3) is 6.82. The van der Waals surface area contributed by atoms with Crippen LogP contribution < -0.4 is 15.4 Å². The first-order valence-corrected chi connectivity index (χ1v) is 8.10. The number of para-hydroxylation sites is 1. The van der Waals surface area contributed by atoms with Crippen molar-refractivity contribution in [2.45, 2.75) is 26.2 Å². The summed E-state index contributed by atoms with van der Waals surface area (Å²) >= 11 is 0. The molecular formula is C19H26N2O2. The lowest BCUT2D eigenvalue weighted by Crippen LogP contribution is -2.31. The molecule has 0 aromatic heterocycles. The molecule has 0 heterocycles. The van der Waals surface area contributed by atoms with Gasteiger partial charge in [0.15, 0.2) is 0 Å². The van der Waals surface area contributed by atoms with E-state index in [1.54, 1.807) is 6.92 Å². The van der Waals surface area contributed by atoms with E-state index in [4.69, 9.17) is 4.74 Å². The third-order valence-corrected chi connectivity index (χ3v) is 3.44. The highest BCUT2D eigenvalue weighted by atomic mass is 16.5. The molecule has 0 aliphatic carbocycles. The van der Waals surface area contributed by atoms with Crippen LogP contribution in [-0.2, 0) is 13.2 Å². The Labute approximate surface area is 138 Å². The average Bonchev–Trinajstić information content (AvgIpc) is 2.57. The number of benzene rings is 2. The fourth-order valence-electron chi connectivity index (χ4n) is 2.24. The van der Waals surface area contributed by atoms with Gasteiger partial charge in [0.2, 0.25) is 0 Å². The van der Waals surface area contributed by atoms with Gasteiger partial charge in [0.25, 0.3) is 0 Å². The lowest BCUT2D eigenvalue weighted by molar-refractivity contribution is 0.191. The summed E-state index contributed by atoms with van der Waals surface area (Å²) in [5.41, 5.74) is 2.32. The van der Waals surface area contributed by atoms with Crippen molar-refractivity contribution < 1.29 is 9.84 Å². The summed E-state index contributed by atoms with van der Waals surface area (Å²) in [5, 5.41) is 15.8. The predicted octanol–water partition coefficient (Wildman–Crippen LogP) is 2.33. The molecule has 4 heteroatoms. The van der Waals surface area contributed by atoms with Gasteiger partial charge in [0.1, 0.15) is 12.4 Å². The molecule has 0 aliphatic rings. The summed E-state index contributed by atoms with van der Waals surface area (Å²) in [5.74, 6) is 0.917. The molecule has 1 unspecified atom stereocenters. The molecule has 0 saturated heterocycles. The standard InChI is InChI=1S/C19H26N2O2/c1-16(22)13-20-11-12-21-14-18-9-5-6-10-19(18)23-15-17-7-3-2-4-8-17/h2-10,16,20-22H,11-15H2,1H3. The molecule has 0 amide bonds. The Morgan fingerprint density at radius 1 is 0.957 bits per heavy atom. The van der Waals surface area contributed by atoms with Gasteiger partial charge in [-0.3, -0.25) is 0 Å². The van der Waals surface area contributed by atoms with Crippen molar-refractivity contribution in [2.24, 2.45) is 0 Å². The molecule has 0 spiro atoms. The molecule has 124 valence electrons. The summed E-state index contributed by atoms with van der Waals surface area (Å²) in [6.07, 6.45) is -0.304. The third-order valence-electron chi connectivity index (χ3n) is 3.44. The maximum Gasteiger partial charge on any atom is 0.124 e. The van der Waals surface area contributed by atoms with Crippen LogP contribution in [0.2, 0.25) is 0 Å². The van der Waals surface area contributed by atoms with E-state index >= 15 is 0 Å². The molecule has 0 fully saturated rings. The molecule has 3 N–H and O–H groups in total. The van der Waals surface area contributed by atoms with Crippen LogP contribution in [0.1, 0.15) is 18.1 Å². The van der Waals surface area contributed by atoms with Crippen molar-refractivity contribution >= 4 is 0 Å². The second-order valence-electron chi connectivity index (χ2n) is 5.61. The monoisotopic (exact) mass is 314 g/mol. The summed E-state index contributed by atoms with van der Waals surface area (Å²) in [6.45, 7) is 5.42. The van der Waals surface area contributed by atoms with Crippen molar-refractivity contribution in [3.63, 3.8) is 0 Å². The SMILES string of the molecule is CC(O)CNCCNCc1ccccc1OCc1ccccc1. The van der Waals surface area contributed by atoms with Crippen molar-refractivity contribution in [1.29, 1.82) is 0 Å². The van der Waals surface area contributed by atoms with Crippen LogP contribution in [-0.4, -0.2) is 30.8 Å². The number of nitrogens with one attached hydrogen (secondary N) is 2.